The number of thioether (sulfide) groups is 1. The van der Waals surface area contributed by atoms with E-state index in [1.165, 1.54) is 11.8 Å². The fourth-order valence-electron chi connectivity index (χ4n) is 1.67. The highest BCUT2D eigenvalue weighted by Crippen LogP contribution is 2.37. The number of amides is 1. The molecular weight excluding hydrogens is 182 g/mol. The van der Waals surface area contributed by atoms with E-state index in [0.717, 1.165) is 0 Å². The maximum absolute atomic E-state index is 11.3. The van der Waals surface area contributed by atoms with Crippen LogP contribution in [0.1, 0.15) is 34.6 Å². The summed E-state index contributed by atoms with van der Waals surface area (Å²) in [5.41, 5.74) is 0.161. The van der Waals surface area contributed by atoms with Crippen molar-refractivity contribution in [2.24, 2.45) is 11.3 Å². The molecule has 3 heteroatoms. The molecule has 0 aromatic heterocycles. The van der Waals surface area contributed by atoms with Crippen LogP contribution in [0.3, 0.4) is 0 Å². The largest absolute Gasteiger partial charge is 0.343 e. The van der Waals surface area contributed by atoms with Gasteiger partial charge in [0, 0.05) is 11.3 Å². The van der Waals surface area contributed by atoms with Gasteiger partial charge in [-0.2, -0.15) is 0 Å². The Balaban J connectivity index is 2.78. The van der Waals surface area contributed by atoms with Gasteiger partial charge in [0.1, 0.15) is 0 Å². The topological polar surface area (TPSA) is 29.1 Å². The van der Waals surface area contributed by atoms with E-state index in [2.05, 4.69) is 39.9 Å². The highest BCUT2D eigenvalue weighted by Gasteiger charge is 2.41. The highest BCUT2D eigenvalue weighted by atomic mass is 32.2. The van der Waals surface area contributed by atoms with Gasteiger partial charge in [-0.3, -0.25) is 4.79 Å². The van der Waals surface area contributed by atoms with E-state index in [1.807, 2.05) is 0 Å². The summed E-state index contributed by atoms with van der Waals surface area (Å²) in [6, 6.07) is 0.310. The van der Waals surface area contributed by atoms with Crippen molar-refractivity contribution in [1.82, 2.24) is 5.32 Å². The first-order chi connectivity index (χ1) is 5.82. The third-order valence-electron chi connectivity index (χ3n) is 2.44. The molecule has 2 unspecified atom stereocenters. The van der Waals surface area contributed by atoms with Gasteiger partial charge in [0.05, 0.1) is 0 Å². The van der Waals surface area contributed by atoms with Crippen LogP contribution in [-0.2, 0) is 0 Å². The standard InChI is InChI=1S/C10H19NOS/c1-6(2)7-8(10(3,4)5)11-9(12)13-7/h6-8H,1-5H3,(H,11,12). The molecule has 0 saturated carbocycles. The van der Waals surface area contributed by atoms with Crippen LogP contribution < -0.4 is 5.32 Å². The number of rotatable bonds is 1. The van der Waals surface area contributed by atoms with Crippen LogP contribution >= 0.6 is 11.8 Å². The van der Waals surface area contributed by atoms with Crippen molar-refractivity contribution in [2.75, 3.05) is 0 Å². The Morgan fingerprint density at radius 1 is 1.38 bits per heavy atom. The van der Waals surface area contributed by atoms with Crippen molar-refractivity contribution in [3.8, 4) is 0 Å². The minimum atomic E-state index is 0.138. The number of nitrogens with one attached hydrogen (secondary N) is 1. The van der Waals surface area contributed by atoms with Crippen molar-refractivity contribution in [3.63, 3.8) is 0 Å². The summed E-state index contributed by atoms with van der Waals surface area (Å²) in [6.07, 6.45) is 0. The zero-order chi connectivity index (χ0) is 10.2. The van der Waals surface area contributed by atoms with E-state index in [4.69, 9.17) is 0 Å². The van der Waals surface area contributed by atoms with Gasteiger partial charge in [-0.05, 0) is 11.3 Å². The number of hydrogen-bond donors (Lipinski definition) is 1. The molecule has 13 heavy (non-hydrogen) atoms. The lowest BCUT2D eigenvalue weighted by atomic mass is 9.82. The molecule has 76 valence electrons. The van der Waals surface area contributed by atoms with E-state index in [9.17, 15) is 4.79 Å². The monoisotopic (exact) mass is 201 g/mol. The zero-order valence-electron chi connectivity index (χ0n) is 9.05. The molecule has 0 aromatic carbocycles. The van der Waals surface area contributed by atoms with Gasteiger partial charge in [0.25, 0.3) is 5.24 Å². The summed E-state index contributed by atoms with van der Waals surface area (Å²) >= 11 is 1.46. The Hall–Kier alpha value is -0.180. The summed E-state index contributed by atoms with van der Waals surface area (Å²) < 4.78 is 0. The molecule has 0 aromatic rings. The van der Waals surface area contributed by atoms with Crippen molar-refractivity contribution in [3.05, 3.63) is 0 Å². The van der Waals surface area contributed by atoms with Gasteiger partial charge in [0.2, 0.25) is 0 Å². The maximum Gasteiger partial charge on any atom is 0.279 e. The smallest absolute Gasteiger partial charge is 0.279 e. The van der Waals surface area contributed by atoms with E-state index in [1.54, 1.807) is 0 Å². The van der Waals surface area contributed by atoms with Crippen LogP contribution in [0.4, 0.5) is 4.79 Å². The lowest BCUT2D eigenvalue weighted by Gasteiger charge is -2.32. The second kappa shape index (κ2) is 3.52. The van der Waals surface area contributed by atoms with Crippen molar-refractivity contribution in [2.45, 2.75) is 45.9 Å². The van der Waals surface area contributed by atoms with Gasteiger partial charge >= 0.3 is 0 Å². The molecule has 1 amide bonds. The van der Waals surface area contributed by atoms with E-state index in [-0.39, 0.29) is 10.7 Å². The van der Waals surface area contributed by atoms with Gasteiger partial charge in [-0.15, -0.1) is 0 Å². The second-order valence-corrected chi connectivity index (χ2v) is 6.25. The summed E-state index contributed by atoms with van der Waals surface area (Å²) in [5, 5.41) is 3.61. The Kier molecular flexibility index (Phi) is 2.95. The van der Waals surface area contributed by atoms with Crippen LogP contribution in [0.15, 0.2) is 0 Å². The Labute approximate surface area is 84.9 Å². The maximum atomic E-state index is 11.3. The molecular formula is C10H19NOS. The lowest BCUT2D eigenvalue weighted by molar-refractivity contribution is 0.235. The molecule has 0 radical (unpaired) electrons. The molecule has 1 aliphatic heterocycles. The minimum Gasteiger partial charge on any atom is -0.343 e. The number of hydrogen-bond acceptors (Lipinski definition) is 2. The molecule has 1 aliphatic rings. The molecule has 1 N–H and O–H groups in total. The third-order valence-corrected chi connectivity index (χ3v) is 3.86. The fourth-order valence-corrected chi connectivity index (χ4v) is 2.99. The van der Waals surface area contributed by atoms with Crippen LogP contribution in [0, 0.1) is 11.3 Å². The predicted octanol–water partition coefficient (Wildman–Crippen LogP) is 2.88. The first kappa shape index (κ1) is 10.9. The first-order valence-electron chi connectivity index (χ1n) is 4.79. The molecule has 0 aliphatic carbocycles. The molecule has 0 spiro atoms. The van der Waals surface area contributed by atoms with Crippen molar-refractivity contribution in [1.29, 1.82) is 0 Å². The molecule has 1 heterocycles. The normalized spacial score (nSPS) is 29.5. The molecule has 0 bridgehead atoms. The predicted molar refractivity (Wildman–Crippen MR) is 58.0 cm³/mol. The second-order valence-electron chi connectivity index (χ2n) is 5.10. The average molecular weight is 201 g/mol. The zero-order valence-corrected chi connectivity index (χ0v) is 9.87. The number of carbonyl (C=O) groups excluding carboxylic acids is 1. The lowest BCUT2D eigenvalue weighted by Crippen LogP contribution is -2.44. The van der Waals surface area contributed by atoms with Crippen molar-refractivity contribution < 1.29 is 4.79 Å². The Morgan fingerprint density at radius 3 is 2.23 bits per heavy atom. The molecule has 2 atom stereocenters. The Bertz CT molecular complexity index is 207. The van der Waals surface area contributed by atoms with E-state index >= 15 is 0 Å². The van der Waals surface area contributed by atoms with Crippen LogP contribution in [0.5, 0.6) is 0 Å². The summed E-state index contributed by atoms with van der Waals surface area (Å²) in [5.74, 6) is 0.549. The third kappa shape index (κ3) is 2.39. The van der Waals surface area contributed by atoms with E-state index in [0.29, 0.717) is 17.2 Å². The van der Waals surface area contributed by atoms with Gasteiger partial charge in [-0.1, -0.05) is 46.4 Å². The molecule has 1 saturated heterocycles. The molecule has 2 nitrogen and oxygen atoms in total. The SMILES string of the molecule is CC(C)C1SC(=O)NC1C(C)(C)C. The van der Waals surface area contributed by atoms with Crippen LogP contribution in [0.2, 0.25) is 0 Å². The molecule has 1 fully saturated rings. The van der Waals surface area contributed by atoms with Gasteiger partial charge in [0.15, 0.2) is 0 Å². The summed E-state index contributed by atoms with van der Waals surface area (Å²) in [4.78, 5) is 11.3. The molecule has 1 rings (SSSR count). The fraction of sp³-hybridized carbons (Fsp3) is 0.900. The van der Waals surface area contributed by atoms with Gasteiger partial charge in [-0.25, -0.2) is 0 Å². The van der Waals surface area contributed by atoms with Gasteiger partial charge < -0.3 is 5.32 Å². The highest BCUT2D eigenvalue weighted by molar-refractivity contribution is 8.14. The first-order valence-corrected chi connectivity index (χ1v) is 5.67. The quantitative estimate of drug-likeness (QED) is 0.707. The number of carbonyl (C=O) groups is 1. The Morgan fingerprint density at radius 2 is 1.92 bits per heavy atom. The minimum absolute atomic E-state index is 0.138. The average Bonchev–Trinajstić information content (AvgIpc) is 2.29. The summed E-state index contributed by atoms with van der Waals surface area (Å²) in [7, 11) is 0. The van der Waals surface area contributed by atoms with E-state index < -0.39 is 0 Å². The van der Waals surface area contributed by atoms with Crippen LogP contribution in [-0.4, -0.2) is 16.5 Å². The summed E-state index contributed by atoms with van der Waals surface area (Å²) in [6.45, 7) is 10.9. The van der Waals surface area contributed by atoms with Crippen LogP contribution in [0.25, 0.3) is 0 Å². The van der Waals surface area contributed by atoms with Crippen molar-refractivity contribution >= 4 is 17.0 Å².